The van der Waals surface area contributed by atoms with Crippen LogP contribution in [0.5, 0.6) is 0 Å². The highest BCUT2D eigenvalue weighted by atomic mass is 35.5. The molecule has 13 heteroatoms. The number of nitrogens with zero attached hydrogens (tertiary/aromatic N) is 1. The van der Waals surface area contributed by atoms with E-state index in [1.165, 1.54) is 11.0 Å². The van der Waals surface area contributed by atoms with Crippen LogP contribution < -0.4 is 21.3 Å². The molecule has 4 N–H and O–H groups in total. The van der Waals surface area contributed by atoms with Gasteiger partial charge in [-0.25, -0.2) is 4.39 Å². The standard InChI is InChI=1S/C46H45ClFN5O6/c47-28-16-19-33-35(24-28)50-44(59)46(33)39(31-10-2-3-12-34(31)48)40(52-45(46)22-4-1-5-23-45)42(57)49-29-17-14-27(15-18-29)37(54)13-7-9-26-8-6-11-30-32(26)25-53(43(30)58)36-20-21-38(55)51-41(36)56/h2-3,6,8,10-12,16,19,24,27,29,36,39-40,52H,1,4-5,13-15,17-18,20-23,25H2,(H,49,57)(H,50,59)(H,51,55,56)/t27-,29-,36?,39-,40?,46+/m0/s1. The molecule has 2 aliphatic carbocycles. The summed E-state index contributed by atoms with van der Waals surface area (Å²) in [6.45, 7) is 0.198. The Balaban J connectivity index is 0.885. The van der Waals surface area contributed by atoms with Gasteiger partial charge in [0.2, 0.25) is 23.6 Å². The number of hydrogen-bond donors (Lipinski definition) is 4. The predicted molar refractivity (Wildman–Crippen MR) is 217 cm³/mol. The smallest absolute Gasteiger partial charge is 0.255 e. The highest BCUT2D eigenvalue weighted by Crippen LogP contribution is 2.62. The first kappa shape index (κ1) is 39.1. The average molecular weight is 818 g/mol. The lowest BCUT2D eigenvalue weighted by atomic mass is 9.55. The van der Waals surface area contributed by atoms with Crippen LogP contribution in [0.3, 0.4) is 0 Å². The monoisotopic (exact) mass is 817 g/mol. The molecule has 0 bridgehead atoms. The van der Waals surface area contributed by atoms with Gasteiger partial charge in [-0.3, -0.25) is 39.4 Å². The van der Waals surface area contributed by atoms with Crippen molar-refractivity contribution in [2.45, 2.75) is 119 Å². The average Bonchev–Trinajstić information content (AvgIpc) is 3.82. The number of fused-ring (bicyclic) bond motifs is 4. The Bertz CT molecular complexity index is 2360. The van der Waals surface area contributed by atoms with E-state index in [1.807, 2.05) is 6.07 Å². The molecule has 9 rings (SSSR count). The summed E-state index contributed by atoms with van der Waals surface area (Å²) in [5.41, 5.74) is 1.37. The number of hydrogen-bond acceptors (Lipinski definition) is 7. The maximum atomic E-state index is 16.0. The van der Waals surface area contributed by atoms with E-state index in [0.29, 0.717) is 71.5 Å². The van der Waals surface area contributed by atoms with Crippen molar-refractivity contribution in [3.8, 4) is 11.8 Å². The predicted octanol–water partition coefficient (Wildman–Crippen LogP) is 5.57. The van der Waals surface area contributed by atoms with Gasteiger partial charge in [0.25, 0.3) is 5.91 Å². The largest absolute Gasteiger partial charge is 0.352 e. The van der Waals surface area contributed by atoms with E-state index in [4.69, 9.17) is 11.6 Å². The van der Waals surface area contributed by atoms with Gasteiger partial charge in [0.05, 0.1) is 12.5 Å². The Morgan fingerprint density at radius 3 is 2.46 bits per heavy atom. The third-order valence-electron chi connectivity index (χ3n) is 13.8. The SMILES string of the molecule is O=C1CCC(N2Cc3c(C#CCC(=O)[C@H]4CC[C@H](NC(=O)C5NC6(CCCCC6)[C@@]6(C(=O)Nc7cc(Cl)ccc76)[C@H]5c5ccccc5F)CC4)cccc3C2=O)C(=O)N1. The lowest BCUT2D eigenvalue weighted by Gasteiger charge is -2.47. The van der Waals surface area contributed by atoms with Gasteiger partial charge in [-0.05, 0) is 92.0 Å². The summed E-state index contributed by atoms with van der Waals surface area (Å²) >= 11 is 6.40. The second-order valence-corrected chi connectivity index (χ2v) is 17.4. The molecular formula is C46H45ClFN5O6. The van der Waals surface area contributed by atoms with Gasteiger partial charge in [0.15, 0.2) is 0 Å². The third kappa shape index (κ3) is 6.54. The van der Waals surface area contributed by atoms with Crippen LogP contribution in [-0.2, 0) is 35.9 Å². The number of ketones is 1. The van der Waals surface area contributed by atoms with Crippen molar-refractivity contribution >= 4 is 52.6 Å². The molecule has 2 spiro atoms. The van der Waals surface area contributed by atoms with Gasteiger partial charge in [-0.2, -0.15) is 0 Å². The summed E-state index contributed by atoms with van der Waals surface area (Å²) in [6.07, 6.45) is 6.80. The number of Topliss-reactive ketones (excluding diaryl/α,β-unsaturated/α-hetero) is 1. The molecule has 11 nitrogen and oxygen atoms in total. The van der Waals surface area contributed by atoms with E-state index in [9.17, 15) is 28.8 Å². The fourth-order valence-corrected chi connectivity index (χ4v) is 11.3. The second kappa shape index (κ2) is 15.3. The molecule has 4 atom stereocenters. The second-order valence-electron chi connectivity index (χ2n) is 16.9. The van der Waals surface area contributed by atoms with Crippen LogP contribution in [0.1, 0.15) is 116 Å². The Kier molecular flexibility index (Phi) is 10.2. The zero-order valence-corrected chi connectivity index (χ0v) is 33.3. The first-order chi connectivity index (χ1) is 28.5. The van der Waals surface area contributed by atoms with E-state index < -0.39 is 40.7 Å². The van der Waals surface area contributed by atoms with E-state index in [2.05, 4.69) is 33.1 Å². The number of rotatable bonds is 6. The first-order valence-electron chi connectivity index (χ1n) is 20.7. The molecule has 6 aliphatic rings. The highest BCUT2D eigenvalue weighted by molar-refractivity contribution is 6.31. The number of carbonyl (C=O) groups excluding carboxylic acids is 6. The molecule has 3 aromatic carbocycles. The van der Waals surface area contributed by atoms with Gasteiger partial charge >= 0.3 is 0 Å². The van der Waals surface area contributed by atoms with Crippen molar-refractivity contribution < 1.29 is 33.2 Å². The molecular weight excluding hydrogens is 773 g/mol. The number of imide groups is 1. The third-order valence-corrected chi connectivity index (χ3v) is 14.1. The van der Waals surface area contributed by atoms with Crippen LogP contribution in [0.25, 0.3) is 0 Å². The van der Waals surface area contributed by atoms with E-state index in [-0.39, 0.29) is 67.2 Å². The molecule has 2 unspecified atom stereocenters. The van der Waals surface area contributed by atoms with Gasteiger partial charge in [-0.1, -0.05) is 73.0 Å². The minimum Gasteiger partial charge on any atom is -0.352 e. The van der Waals surface area contributed by atoms with Crippen LogP contribution in [0.15, 0.2) is 60.7 Å². The number of benzene rings is 3. The lowest BCUT2D eigenvalue weighted by Crippen LogP contribution is -2.60. The zero-order chi connectivity index (χ0) is 41.1. The van der Waals surface area contributed by atoms with Crippen LogP contribution in [0, 0.1) is 23.6 Å². The lowest BCUT2D eigenvalue weighted by molar-refractivity contribution is -0.137. The molecule has 304 valence electrons. The Labute approximate surface area is 346 Å². The molecule has 59 heavy (non-hydrogen) atoms. The van der Waals surface area contributed by atoms with Crippen LogP contribution in [0.2, 0.25) is 5.02 Å². The number of anilines is 1. The van der Waals surface area contributed by atoms with Crippen molar-refractivity contribution in [1.82, 2.24) is 20.9 Å². The zero-order valence-electron chi connectivity index (χ0n) is 32.5. The minimum absolute atomic E-state index is 0.0142. The fourth-order valence-electron chi connectivity index (χ4n) is 11.1. The summed E-state index contributed by atoms with van der Waals surface area (Å²) in [5.74, 6) is 2.94. The quantitative estimate of drug-likeness (QED) is 0.187. The summed E-state index contributed by atoms with van der Waals surface area (Å²) < 4.78 is 16.0. The molecule has 5 amide bonds. The number of nitrogens with one attached hydrogen (secondary N) is 4. The fraction of sp³-hybridized carbons (Fsp3) is 0.435. The van der Waals surface area contributed by atoms with Crippen molar-refractivity contribution in [1.29, 1.82) is 0 Å². The van der Waals surface area contributed by atoms with Gasteiger partial charge in [0.1, 0.15) is 23.1 Å². The molecule has 0 aromatic heterocycles. The molecule has 4 heterocycles. The van der Waals surface area contributed by atoms with Crippen molar-refractivity contribution in [2.75, 3.05) is 5.32 Å². The first-order valence-corrected chi connectivity index (χ1v) is 21.1. The summed E-state index contributed by atoms with van der Waals surface area (Å²) in [6, 6.07) is 15.2. The van der Waals surface area contributed by atoms with Crippen LogP contribution in [-0.4, -0.2) is 63.9 Å². The van der Waals surface area contributed by atoms with Crippen molar-refractivity contribution in [2.24, 2.45) is 5.92 Å². The van der Waals surface area contributed by atoms with Crippen molar-refractivity contribution in [3.63, 3.8) is 0 Å². The molecule has 4 aliphatic heterocycles. The Morgan fingerprint density at radius 1 is 0.915 bits per heavy atom. The number of halogens is 2. The van der Waals surface area contributed by atoms with Gasteiger partial charge in [0, 0.05) is 58.2 Å². The normalized spacial score (nSPS) is 28.1. The number of amides is 5. The van der Waals surface area contributed by atoms with E-state index in [0.717, 1.165) is 24.8 Å². The van der Waals surface area contributed by atoms with E-state index in [1.54, 1.807) is 48.5 Å². The topological polar surface area (TPSA) is 154 Å². The Hall–Kier alpha value is -5.38. The maximum absolute atomic E-state index is 16.0. The summed E-state index contributed by atoms with van der Waals surface area (Å²) in [7, 11) is 0. The summed E-state index contributed by atoms with van der Waals surface area (Å²) in [5, 5.41) is 12.8. The number of carbonyl (C=O) groups is 6. The molecule has 3 aromatic rings. The van der Waals surface area contributed by atoms with Crippen molar-refractivity contribution in [3.05, 3.63) is 99.3 Å². The van der Waals surface area contributed by atoms with Gasteiger partial charge < -0.3 is 15.5 Å². The minimum atomic E-state index is -1.26. The maximum Gasteiger partial charge on any atom is 0.255 e. The summed E-state index contributed by atoms with van der Waals surface area (Å²) in [4.78, 5) is 81.4. The Morgan fingerprint density at radius 2 is 1.69 bits per heavy atom. The van der Waals surface area contributed by atoms with Crippen LogP contribution >= 0.6 is 11.6 Å². The highest BCUT2D eigenvalue weighted by Gasteiger charge is 2.72. The molecule has 2 saturated carbocycles. The molecule has 4 fully saturated rings. The number of piperidine rings is 1. The van der Waals surface area contributed by atoms with Crippen LogP contribution in [0.4, 0.5) is 10.1 Å². The molecule has 2 saturated heterocycles. The molecule has 0 radical (unpaired) electrons. The van der Waals surface area contributed by atoms with Gasteiger partial charge in [-0.15, -0.1) is 0 Å². The van der Waals surface area contributed by atoms with E-state index >= 15 is 4.39 Å².